The summed E-state index contributed by atoms with van der Waals surface area (Å²) in [5, 5.41) is 2.75. The van der Waals surface area contributed by atoms with Crippen LogP contribution in [-0.4, -0.2) is 25.5 Å². The summed E-state index contributed by atoms with van der Waals surface area (Å²) < 4.78 is 4.56. The van der Waals surface area contributed by atoms with Gasteiger partial charge in [0.2, 0.25) is 5.91 Å². The van der Waals surface area contributed by atoms with E-state index >= 15 is 0 Å². The van der Waals surface area contributed by atoms with Gasteiger partial charge >= 0.3 is 5.97 Å². The summed E-state index contributed by atoms with van der Waals surface area (Å²) in [6, 6.07) is 0. The molecule has 0 fully saturated rings. The molecule has 4 nitrogen and oxygen atoms in total. The van der Waals surface area contributed by atoms with Crippen molar-refractivity contribution < 1.29 is 14.3 Å². The maximum Gasteiger partial charge on any atom is 0.318 e. The normalized spacial score (nSPS) is 13.1. The van der Waals surface area contributed by atoms with Gasteiger partial charge in [0.05, 0.1) is 7.11 Å². The second kappa shape index (κ2) is 5.73. The Morgan fingerprint density at radius 1 is 1.33 bits per heavy atom. The number of nitrogens with one attached hydrogen (secondary N) is 1. The van der Waals surface area contributed by atoms with E-state index < -0.39 is 11.9 Å². The number of amides is 1. The quantitative estimate of drug-likeness (QED) is 0.569. The molecule has 0 aromatic rings. The first kappa shape index (κ1) is 13.9. The summed E-state index contributed by atoms with van der Waals surface area (Å²) in [5.41, 5.74) is 0.0179. The minimum absolute atomic E-state index is 0.0179. The standard InChI is InChI=1S/C11H21NO3/c1-6-8(10(14)15-5)9(13)12-7-11(2,3)4/h8H,6-7H2,1-5H3,(H,12,13). The van der Waals surface area contributed by atoms with E-state index in [2.05, 4.69) is 10.1 Å². The highest BCUT2D eigenvalue weighted by molar-refractivity contribution is 5.97. The fourth-order valence-corrected chi connectivity index (χ4v) is 1.08. The lowest BCUT2D eigenvalue weighted by Crippen LogP contribution is -2.39. The fourth-order valence-electron chi connectivity index (χ4n) is 1.08. The average Bonchev–Trinajstić information content (AvgIpc) is 2.14. The molecule has 0 spiro atoms. The first-order chi connectivity index (χ1) is 6.81. The molecular weight excluding hydrogens is 194 g/mol. The van der Waals surface area contributed by atoms with Crippen molar-refractivity contribution in [1.29, 1.82) is 0 Å². The molecule has 0 aliphatic heterocycles. The zero-order chi connectivity index (χ0) is 12.1. The average molecular weight is 215 g/mol. The number of hydrogen-bond acceptors (Lipinski definition) is 3. The Balaban J connectivity index is 4.23. The molecule has 15 heavy (non-hydrogen) atoms. The van der Waals surface area contributed by atoms with Crippen molar-refractivity contribution in [2.45, 2.75) is 34.1 Å². The van der Waals surface area contributed by atoms with Gasteiger partial charge < -0.3 is 10.1 Å². The molecule has 0 saturated heterocycles. The Hall–Kier alpha value is -1.06. The van der Waals surface area contributed by atoms with Crippen molar-refractivity contribution in [3.63, 3.8) is 0 Å². The van der Waals surface area contributed by atoms with Crippen LogP contribution in [-0.2, 0) is 14.3 Å². The van der Waals surface area contributed by atoms with Gasteiger partial charge in [0.15, 0.2) is 0 Å². The van der Waals surface area contributed by atoms with Crippen LogP contribution >= 0.6 is 0 Å². The highest BCUT2D eigenvalue weighted by Gasteiger charge is 2.26. The van der Waals surface area contributed by atoms with Crippen molar-refractivity contribution >= 4 is 11.9 Å². The van der Waals surface area contributed by atoms with Crippen molar-refractivity contribution in [3.8, 4) is 0 Å². The number of carbonyl (C=O) groups excluding carboxylic acids is 2. The molecule has 88 valence electrons. The third-order valence-electron chi connectivity index (χ3n) is 2.00. The number of hydrogen-bond donors (Lipinski definition) is 1. The lowest BCUT2D eigenvalue weighted by atomic mass is 9.96. The molecule has 1 amide bonds. The molecule has 0 radical (unpaired) electrons. The SMILES string of the molecule is CCC(C(=O)NCC(C)(C)C)C(=O)OC. The van der Waals surface area contributed by atoms with Gasteiger partial charge in [0, 0.05) is 6.54 Å². The molecule has 4 heteroatoms. The molecule has 0 aliphatic rings. The van der Waals surface area contributed by atoms with Gasteiger partial charge in [-0.15, -0.1) is 0 Å². The lowest BCUT2D eigenvalue weighted by molar-refractivity contribution is -0.150. The van der Waals surface area contributed by atoms with E-state index in [0.717, 1.165) is 0 Å². The summed E-state index contributed by atoms with van der Waals surface area (Å²) in [7, 11) is 1.29. The first-order valence-electron chi connectivity index (χ1n) is 5.17. The molecule has 0 saturated carbocycles. The van der Waals surface area contributed by atoms with Crippen LogP contribution in [0, 0.1) is 11.3 Å². The molecule has 1 N–H and O–H groups in total. The Morgan fingerprint density at radius 3 is 2.20 bits per heavy atom. The number of ether oxygens (including phenoxy) is 1. The molecule has 0 rings (SSSR count). The van der Waals surface area contributed by atoms with Gasteiger partial charge in [0.1, 0.15) is 5.92 Å². The van der Waals surface area contributed by atoms with E-state index in [-0.39, 0.29) is 11.3 Å². The molecule has 0 bridgehead atoms. The minimum atomic E-state index is -0.683. The highest BCUT2D eigenvalue weighted by atomic mass is 16.5. The summed E-state index contributed by atoms with van der Waals surface area (Å²) in [6.07, 6.45) is 0.461. The fraction of sp³-hybridized carbons (Fsp3) is 0.818. The van der Waals surface area contributed by atoms with Crippen LogP contribution < -0.4 is 5.32 Å². The van der Waals surface area contributed by atoms with Gasteiger partial charge in [-0.05, 0) is 11.8 Å². The third kappa shape index (κ3) is 5.40. The lowest BCUT2D eigenvalue weighted by Gasteiger charge is -2.20. The second-order valence-corrected chi connectivity index (χ2v) is 4.76. The maximum atomic E-state index is 11.6. The van der Waals surface area contributed by atoms with Crippen LogP contribution in [0.4, 0.5) is 0 Å². The molecule has 0 aromatic carbocycles. The van der Waals surface area contributed by atoms with Crippen molar-refractivity contribution in [1.82, 2.24) is 5.32 Å². The molecular formula is C11H21NO3. The van der Waals surface area contributed by atoms with E-state index in [9.17, 15) is 9.59 Å². The molecule has 1 atom stereocenters. The predicted molar refractivity (Wildman–Crippen MR) is 58.3 cm³/mol. The van der Waals surface area contributed by atoms with Crippen LogP contribution in [0.25, 0.3) is 0 Å². The second-order valence-electron chi connectivity index (χ2n) is 4.76. The summed E-state index contributed by atoms with van der Waals surface area (Å²) in [6.45, 7) is 8.41. The first-order valence-corrected chi connectivity index (χ1v) is 5.17. The smallest absolute Gasteiger partial charge is 0.318 e. The third-order valence-corrected chi connectivity index (χ3v) is 2.00. The van der Waals surface area contributed by atoms with Gasteiger partial charge in [-0.3, -0.25) is 9.59 Å². The zero-order valence-corrected chi connectivity index (χ0v) is 10.2. The van der Waals surface area contributed by atoms with E-state index in [4.69, 9.17) is 0 Å². The van der Waals surface area contributed by atoms with Gasteiger partial charge in [-0.1, -0.05) is 27.7 Å². The Labute approximate surface area is 91.4 Å². The predicted octanol–water partition coefficient (Wildman–Crippen LogP) is 1.35. The van der Waals surface area contributed by atoms with E-state index in [0.29, 0.717) is 13.0 Å². The highest BCUT2D eigenvalue weighted by Crippen LogP contribution is 2.12. The summed E-state index contributed by atoms with van der Waals surface area (Å²) >= 11 is 0. The van der Waals surface area contributed by atoms with Crippen molar-refractivity contribution in [2.75, 3.05) is 13.7 Å². The zero-order valence-electron chi connectivity index (χ0n) is 10.2. The number of methoxy groups -OCH3 is 1. The molecule has 0 aliphatic carbocycles. The minimum Gasteiger partial charge on any atom is -0.468 e. The summed E-state index contributed by atoms with van der Waals surface area (Å²) in [4.78, 5) is 22.8. The monoisotopic (exact) mass is 215 g/mol. The van der Waals surface area contributed by atoms with E-state index in [1.54, 1.807) is 6.92 Å². The Kier molecular flexibility index (Phi) is 5.33. The topological polar surface area (TPSA) is 55.4 Å². The van der Waals surface area contributed by atoms with Crippen molar-refractivity contribution in [2.24, 2.45) is 11.3 Å². The molecule has 1 unspecified atom stereocenters. The largest absolute Gasteiger partial charge is 0.468 e. The van der Waals surface area contributed by atoms with Crippen LogP contribution in [0.15, 0.2) is 0 Å². The van der Waals surface area contributed by atoms with Crippen LogP contribution in [0.2, 0.25) is 0 Å². The number of rotatable bonds is 4. The van der Waals surface area contributed by atoms with Crippen molar-refractivity contribution in [3.05, 3.63) is 0 Å². The Morgan fingerprint density at radius 2 is 1.87 bits per heavy atom. The van der Waals surface area contributed by atoms with Crippen LogP contribution in [0.5, 0.6) is 0 Å². The van der Waals surface area contributed by atoms with Crippen LogP contribution in [0.1, 0.15) is 34.1 Å². The molecule has 0 aromatic heterocycles. The number of carbonyl (C=O) groups is 2. The van der Waals surface area contributed by atoms with E-state index in [1.165, 1.54) is 7.11 Å². The van der Waals surface area contributed by atoms with Crippen LogP contribution in [0.3, 0.4) is 0 Å². The maximum absolute atomic E-state index is 11.6. The summed E-state index contributed by atoms with van der Waals surface area (Å²) in [5.74, 6) is -1.40. The Bertz CT molecular complexity index is 230. The van der Waals surface area contributed by atoms with E-state index in [1.807, 2.05) is 20.8 Å². The van der Waals surface area contributed by atoms with Gasteiger partial charge in [0.25, 0.3) is 0 Å². The molecule has 0 heterocycles. The van der Waals surface area contributed by atoms with Gasteiger partial charge in [-0.2, -0.15) is 0 Å². The number of esters is 1. The van der Waals surface area contributed by atoms with Gasteiger partial charge in [-0.25, -0.2) is 0 Å².